The van der Waals surface area contributed by atoms with Crippen LogP contribution < -0.4 is 4.90 Å². The fourth-order valence-corrected chi connectivity index (χ4v) is 2.39. The van der Waals surface area contributed by atoms with Gasteiger partial charge in [0.2, 0.25) is 6.10 Å². The molecule has 0 bridgehead atoms. The first-order valence-electron chi connectivity index (χ1n) is 5.17. The molecule has 1 aliphatic heterocycles. The number of nitrogens with zero attached hydrogens (tertiary/aromatic N) is 2. The largest absolute Gasteiger partial charge is 0.428 e. The number of cyclic esters (lactones) is 1. The molecule has 1 unspecified atom stereocenters. The molecule has 1 amide bonds. The van der Waals surface area contributed by atoms with E-state index >= 15 is 0 Å². The lowest BCUT2D eigenvalue weighted by atomic mass is 10.1. The van der Waals surface area contributed by atoms with Crippen LogP contribution in [0.25, 0.3) is 0 Å². The molecule has 1 aliphatic rings. The lowest BCUT2D eigenvalue weighted by Crippen LogP contribution is -2.25. The molecule has 1 atom stereocenters. The highest BCUT2D eigenvalue weighted by molar-refractivity contribution is 6.34. The second kappa shape index (κ2) is 4.27. The summed E-state index contributed by atoms with van der Waals surface area (Å²) in [5.74, 6) is 0. The molecular weight excluding hydrogens is 240 g/mol. The summed E-state index contributed by atoms with van der Waals surface area (Å²) in [6.07, 6.45) is -1.25. The first-order valence-corrected chi connectivity index (χ1v) is 5.55. The quantitative estimate of drug-likeness (QED) is 0.770. The van der Waals surface area contributed by atoms with Gasteiger partial charge in [0.25, 0.3) is 0 Å². The Labute approximate surface area is 104 Å². The number of rotatable bonds is 1. The minimum atomic E-state index is -0.723. The minimum Gasteiger partial charge on any atom is -0.428 e. The molecule has 88 valence electrons. The molecule has 0 aromatic heterocycles. The molecule has 1 aromatic carbocycles. The van der Waals surface area contributed by atoms with Crippen LogP contribution in [-0.2, 0) is 4.74 Å². The van der Waals surface area contributed by atoms with Crippen LogP contribution in [0.15, 0.2) is 12.1 Å². The number of anilines is 1. The average molecular weight is 251 g/mol. The number of halogens is 1. The number of benzene rings is 1. The molecule has 0 N–H and O–H groups in total. The van der Waals surface area contributed by atoms with Crippen LogP contribution in [-0.4, -0.2) is 18.7 Å². The van der Waals surface area contributed by atoms with Gasteiger partial charge in [-0.3, -0.25) is 4.90 Å². The molecule has 1 heterocycles. The van der Waals surface area contributed by atoms with Crippen molar-refractivity contribution in [2.75, 3.05) is 11.4 Å². The van der Waals surface area contributed by atoms with E-state index in [0.717, 1.165) is 11.1 Å². The van der Waals surface area contributed by atoms with Crippen molar-refractivity contribution in [3.05, 3.63) is 28.3 Å². The van der Waals surface area contributed by atoms with Crippen LogP contribution in [0, 0.1) is 25.2 Å². The van der Waals surface area contributed by atoms with Crippen molar-refractivity contribution in [3.8, 4) is 6.07 Å². The van der Waals surface area contributed by atoms with Gasteiger partial charge in [0.05, 0.1) is 17.3 Å². The monoisotopic (exact) mass is 250 g/mol. The van der Waals surface area contributed by atoms with Crippen LogP contribution >= 0.6 is 11.6 Å². The Bertz CT molecular complexity index is 499. The molecule has 2 rings (SSSR count). The first kappa shape index (κ1) is 11.7. The maximum Gasteiger partial charge on any atom is 0.415 e. The zero-order chi connectivity index (χ0) is 12.6. The smallest absolute Gasteiger partial charge is 0.415 e. The van der Waals surface area contributed by atoms with Crippen LogP contribution in [0.5, 0.6) is 0 Å². The predicted molar refractivity (Wildman–Crippen MR) is 64.2 cm³/mol. The highest BCUT2D eigenvalue weighted by atomic mass is 35.5. The van der Waals surface area contributed by atoms with Gasteiger partial charge in [0.1, 0.15) is 6.07 Å². The number of hydrogen-bond acceptors (Lipinski definition) is 3. The maximum absolute atomic E-state index is 11.6. The molecule has 1 saturated heterocycles. The number of carbonyl (C=O) groups is 1. The molecule has 4 nitrogen and oxygen atoms in total. The van der Waals surface area contributed by atoms with Crippen molar-refractivity contribution in [3.63, 3.8) is 0 Å². The average Bonchev–Trinajstić information content (AvgIpc) is 2.59. The van der Waals surface area contributed by atoms with E-state index in [4.69, 9.17) is 21.6 Å². The van der Waals surface area contributed by atoms with Gasteiger partial charge in [0.15, 0.2) is 0 Å². The topological polar surface area (TPSA) is 53.3 Å². The molecule has 5 heteroatoms. The molecule has 0 spiro atoms. The highest BCUT2D eigenvalue weighted by Crippen LogP contribution is 2.33. The second-order valence-electron chi connectivity index (χ2n) is 4.02. The van der Waals surface area contributed by atoms with Crippen molar-refractivity contribution >= 4 is 23.4 Å². The van der Waals surface area contributed by atoms with Crippen LogP contribution in [0.1, 0.15) is 11.1 Å². The summed E-state index contributed by atoms with van der Waals surface area (Å²) >= 11 is 6.14. The second-order valence-corrected chi connectivity index (χ2v) is 4.43. The molecule has 0 radical (unpaired) electrons. The maximum atomic E-state index is 11.6. The third-order valence-electron chi connectivity index (χ3n) is 2.62. The lowest BCUT2D eigenvalue weighted by molar-refractivity contribution is 0.162. The van der Waals surface area contributed by atoms with E-state index < -0.39 is 12.2 Å². The van der Waals surface area contributed by atoms with Crippen LogP contribution in [0.2, 0.25) is 5.02 Å². The summed E-state index contributed by atoms with van der Waals surface area (Å²) in [5, 5.41) is 9.24. The number of hydrogen-bond donors (Lipinski definition) is 0. The van der Waals surface area contributed by atoms with Crippen molar-refractivity contribution in [2.45, 2.75) is 20.0 Å². The van der Waals surface area contributed by atoms with Crippen LogP contribution in [0.3, 0.4) is 0 Å². The van der Waals surface area contributed by atoms with E-state index in [1.807, 2.05) is 26.0 Å². The van der Waals surface area contributed by atoms with Crippen LogP contribution in [0.4, 0.5) is 10.5 Å². The predicted octanol–water partition coefficient (Wildman–Crippen LogP) is 2.81. The van der Waals surface area contributed by atoms with Gasteiger partial charge >= 0.3 is 6.09 Å². The number of nitriles is 1. The van der Waals surface area contributed by atoms with E-state index in [1.165, 1.54) is 4.90 Å². The zero-order valence-electron chi connectivity index (χ0n) is 9.53. The molecule has 1 fully saturated rings. The van der Waals surface area contributed by atoms with Gasteiger partial charge in [-0.2, -0.15) is 5.26 Å². The van der Waals surface area contributed by atoms with E-state index in [-0.39, 0.29) is 6.54 Å². The molecule has 0 saturated carbocycles. The Morgan fingerprint density at radius 1 is 1.53 bits per heavy atom. The van der Waals surface area contributed by atoms with E-state index in [9.17, 15) is 4.79 Å². The SMILES string of the molecule is Cc1cc(C)c(N2CC(C#N)OC2=O)c(Cl)c1. The Morgan fingerprint density at radius 3 is 2.76 bits per heavy atom. The summed E-state index contributed by atoms with van der Waals surface area (Å²) in [6.45, 7) is 4.03. The fraction of sp³-hybridized carbons (Fsp3) is 0.333. The standard InChI is InChI=1S/C12H11ClN2O2/c1-7-3-8(2)11(10(13)4-7)15-6-9(5-14)17-12(15)16/h3-4,9H,6H2,1-2H3. The van der Waals surface area contributed by atoms with Crippen molar-refractivity contribution in [1.29, 1.82) is 5.26 Å². The van der Waals surface area contributed by atoms with E-state index in [1.54, 1.807) is 6.07 Å². The lowest BCUT2D eigenvalue weighted by Gasteiger charge is -2.17. The Hall–Kier alpha value is -1.73. The number of carbonyl (C=O) groups excluding carboxylic acids is 1. The summed E-state index contributed by atoms with van der Waals surface area (Å²) in [4.78, 5) is 13.0. The van der Waals surface area contributed by atoms with Gasteiger partial charge in [-0.15, -0.1) is 0 Å². The Morgan fingerprint density at radius 2 is 2.24 bits per heavy atom. The molecule has 17 heavy (non-hydrogen) atoms. The normalized spacial score (nSPS) is 19.1. The summed E-state index contributed by atoms with van der Waals surface area (Å²) in [6, 6.07) is 5.64. The third-order valence-corrected chi connectivity index (χ3v) is 2.91. The molecule has 0 aliphatic carbocycles. The van der Waals surface area contributed by atoms with Gasteiger partial charge in [0, 0.05) is 0 Å². The first-order chi connectivity index (χ1) is 8.02. The van der Waals surface area contributed by atoms with Crippen molar-refractivity contribution < 1.29 is 9.53 Å². The van der Waals surface area contributed by atoms with E-state index in [2.05, 4.69) is 0 Å². The van der Waals surface area contributed by atoms with Gasteiger partial charge < -0.3 is 4.74 Å². The number of ether oxygens (including phenoxy) is 1. The van der Waals surface area contributed by atoms with E-state index in [0.29, 0.717) is 10.7 Å². The Kier molecular flexibility index (Phi) is 2.95. The Balaban J connectivity index is 2.42. The van der Waals surface area contributed by atoms with Gasteiger partial charge in [-0.1, -0.05) is 17.7 Å². The minimum absolute atomic E-state index is 0.221. The summed E-state index contributed by atoms with van der Waals surface area (Å²) < 4.78 is 4.88. The summed E-state index contributed by atoms with van der Waals surface area (Å²) in [7, 11) is 0. The molecule has 1 aromatic rings. The fourth-order valence-electron chi connectivity index (χ4n) is 1.96. The highest BCUT2D eigenvalue weighted by Gasteiger charge is 2.34. The van der Waals surface area contributed by atoms with Crippen molar-refractivity contribution in [2.24, 2.45) is 0 Å². The zero-order valence-corrected chi connectivity index (χ0v) is 10.3. The van der Waals surface area contributed by atoms with Gasteiger partial charge in [-0.25, -0.2) is 4.79 Å². The van der Waals surface area contributed by atoms with Gasteiger partial charge in [-0.05, 0) is 31.0 Å². The van der Waals surface area contributed by atoms with Crippen molar-refractivity contribution in [1.82, 2.24) is 0 Å². The molecular formula is C12H11ClN2O2. The summed E-state index contributed by atoms with van der Waals surface area (Å²) in [5.41, 5.74) is 2.55. The number of amides is 1. The number of aryl methyl sites for hydroxylation is 2. The third kappa shape index (κ3) is 2.06.